The van der Waals surface area contributed by atoms with Crippen molar-refractivity contribution >= 4 is 28.6 Å². The maximum Gasteiger partial charge on any atom is 0.319 e. The second-order valence-electron chi connectivity index (χ2n) is 3.04. The highest BCUT2D eigenvalue weighted by Crippen LogP contribution is 2.06. The minimum Gasteiger partial charge on any atom is -0.465 e. The maximum absolute atomic E-state index is 11.0. The molecule has 82 valence electrons. The van der Waals surface area contributed by atoms with Gasteiger partial charge in [0.2, 0.25) is 0 Å². The predicted molar refractivity (Wildman–Crippen MR) is 67.5 cm³/mol. The van der Waals surface area contributed by atoms with Crippen LogP contribution in [0.2, 0.25) is 0 Å². The largest absolute Gasteiger partial charge is 0.465 e. The standard InChI is InChI=1S/C11H14INO2/c1-2-15-11(14)8-13-7-9-3-5-10(12)6-4-9/h3-6,13H,2,7-8H2,1H3. The van der Waals surface area contributed by atoms with Gasteiger partial charge in [0.05, 0.1) is 13.2 Å². The van der Waals surface area contributed by atoms with Crippen molar-refractivity contribution in [1.29, 1.82) is 0 Å². The van der Waals surface area contributed by atoms with Gasteiger partial charge in [-0.2, -0.15) is 0 Å². The quantitative estimate of drug-likeness (QED) is 0.666. The van der Waals surface area contributed by atoms with Crippen LogP contribution in [-0.2, 0) is 16.1 Å². The topological polar surface area (TPSA) is 38.3 Å². The highest BCUT2D eigenvalue weighted by atomic mass is 127. The van der Waals surface area contributed by atoms with E-state index in [1.165, 1.54) is 9.13 Å². The van der Waals surface area contributed by atoms with E-state index in [-0.39, 0.29) is 12.5 Å². The van der Waals surface area contributed by atoms with Crippen molar-refractivity contribution in [2.45, 2.75) is 13.5 Å². The summed E-state index contributed by atoms with van der Waals surface area (Å²) in [5.41, 5.74) is 1.17. The van der Waals surface area contributed by atoms with Gasteiger partial charge in [0, 0.05) is 10.1 Å². The summed E-state index contributed by atoms with van der Waals surface area (Å²) in [4.78, 5) is 11.0. The smallest absolute Gasteiger partial charge is 0.319 e. The van der Waals surface area contributed by atoms with E-state index in [0.29, 0.717) is 13.2 Å². The molecular weight excluding hydrogens is 305 g/mol. The predicted octanol–water partition coefficient (Wildman–Crippen LogP) is 1.94. The van der Waals surface area contributed by atoms with Crippen LogP contribution < -0.4 is 5.32 Å². The minimum absolute atomic E-state index is 0.206. The molecule has 0 spiro atoms. The van der Waals surface area contributed by atoms with Gasteiger partial charge in [-0.05, 0) is 47.2 Å². The molecule has 15 heavy (non-hydrogen) atoms. The Bertz CT molecular complexity index is 311. The van der Waals surface area contributed by atoms with Crippen LogP contribution in [0.1, 0.15) is 12.5 Å². The summed E-state index contributed by atoms with van der Waals surface area (Å²) in [7, 11) is 0. The summed E-state index contributed by atoms with van der Waals surface area (Å²) in [6.07, 6.45) is 0. The van der Waals surface area contributed by atoms with Crippen LogP contribution in [0.5, 0.6) is 0 Å². The molecule has 0 aliphatic carbocycles. The molecule has 0 fully saturated rings. The summed E-state index contributed by atoms with van der Waals surface area (Å²) in [5, 5.41) is 3.03. The van der Waals surface area contributed by atoms with Gasteiger partial charge in [-0.25, -0.2) is 0 Å². The Morgan fingerprint density at radius 1 is 1.40 bits per heavy atom. The lowest BCUT2D eigenvalue weighted by Crippen LogP contribution is -2.24. The lowest BCUT2D eigenvalue weighted by molar-refractivity contribution is -0.142. The summed E-state index contributed by atoms with van der Waals surface area (Å²) >= 11 is 2.26. The number of rotatable bonds is 5. The van der Waals surface area contributed by atoms with E-state index in [9.17, 15) is 4.79 Å². The second kappa shape index (κ2) is 6.79. The lowest BCUT2D eigenvalue weighted by Gasteiger charge is -2.04. The van der Waals surface area contributed by atoms with Crippen molar-refractivity contribution in [3.05, 3.63) is 33.4 Å². The van der Waals surface area contributed by atoms with Crippen molar-refractivity contribution < 1.29 is 9.53 Å². The third kappa shape index (κ3) is 5.13. The van der Waals surface area contributed by atoms with E-state index >= 15 is 0 Å². The lowest BCUT2D eigenvalue weighted by atomic mass is 10.2. The molecule has 0 amide bonds. The first-order valence-electron chi connectivity index (χ1n) is 4.83. The molecule has 0 unspecified atom stereocenters. The number of esters is 1. The first-order chi connectivity index (χ1) is 7.22. The van der Waals surface area contributed by atoms with Crippen molar-refractivity contribution in [2.24, 2.45) is 0 Å². The normalized spacial score (nSPS) is 10.0. The van der Waals surface area contributed by atoms with Crippen molar-refractivity contribution in [3.8, 4) is 0 Å². The zero-order chi connectivity index (χ0) is 11.1. The van der Waals surface area contributed by atoms with E-state index in [0.717, 1.165) is 0 Å². The first-order valence-corrected chi connectivity index (χ1v) is 5.91. The van der Waals surface area contributed by atoms with Crippen LogP contribution in [-0.4, -0.2) is 19.1 Å². The number of nitrogens with one attached hydrogen (secondary N) is 1. The van der Waals surface area contributed by atoms with Crippen molar-refractivity contribution in [2.75, 3.05) is 13.2 Å². The number of benzene rings is 1. The van der Waals surface area contributed by atoms with Crippen LogP contribution in [0.15, 0.2) is 24.3 Å². The fourth-order valence-electron chi connectivity index (χ4n) is 1.12. The van der Waals surface area contributed by atoms with Gasteiger partial charge in [0.25, 0.3) is 0 Å². The van der Waals surface area contributed by atoms with E-state index in [1.807, 2.05) is 24.3 Å². The number of carbonyl (C=O) groups excluding carboxylic acids is 1. The second-order valence-corrected chi connectivity index (χ2v) is 4.28. The Morgan fingerprint density at radius 2 is 2.07 bits per heavy atom. The summed E-state index contributed by atoms with van der Waals surface area (Å²) < 4.78 is 6.01. The summed E-state index contributed by atoms with van der Waals surface area (Å²) in [5.74, 6) is -0.206. The number of carbonyl (C=O) groups is 1. The summed E-state index contributed by atoms with van der Waals surface area (Å²) in [6.45, 7) is 3.19. The van der Waals surface area contributed by atoms with Gasteiger partial charge in [-0.15, -0.1) is 0 Å². The molecule has 1 aromatic rings. The Morgan fingerprint density at radius 3 is 2.67 bits per heavy atom. The van der Waals surface area contributed by atoms with Crippen LogP contribution in [0.25, 0.3) is 0 Å². The molecule has 1 aromatic carbocycles. The van der Waals surface area contributed by atoms with Crippen LogP contribution in [0.3, 0.4) is 0 Å². The number of hydrogen-bond acceptors (Lipinski definition) is 3. The molecular formula is C11H14INO2. The molecule has 0 aliphatic rings. The molecule has 0 radical (unpaired) electrons. The Balaban J connectivity index is 2.26. The zero-order valence-corrected chi connectivity index (χ0v) is 10.8. The number of hydrogen-bond donors (Lipinski definition) is 1. The Hall–Kier alpha value is -0.620. The Kier molecular flexibility index (Phi) is 5.63. The van der Waals surface area contributed by atoms with Crippen molar-refractivity contribution in [3.63, 3.8) is 0 Å². The third-order valence-corrected chi connectivity index (χ3v) is 2.54. The van der Waals surface area contributed by atoms with Gasteiger partial charge >= 0.3 is 5.97 Å². The molecule has 0 bridgehead atoms. The van der Waals surface area contributed by atoms with Crippen molar-refractivity contribution in [1.82, 2.24) is 5.32 Å². The van der Waals surface area contributed by atoms with Gasteiger partial charge in [-0.3, -0.25) is 4.79 Å². The molecule has 0 aliphatic heterocycles. The molecule has 0 atom stereocenters. The maximum atomic E-state index is 11.0. The fraction of sp³-hybridized carbons (Fsp3) is 0.364. The van der Waals surface area contributed by atoms with Gasteiger partial charge < -0.3 is 10.1 Å². The molecule has 3 nitrogen and oxygen atoms in total. The monoisotopic (exact) mass is 319 g/mol. The molecule has 0 saturated carbocycles. The van der Waals surface area contributed by atoms with E-state index < -0.39 is 0 Å². The van der Waals surface area contributed by atoms with Gasteiger partial charge in [0.15, 0.2) is 0 Å². The molecule has 0 heterocycles. The van der Waals surface area contributed by atoms with Crippen LogP contribution in [0.4, 0.5) is 0 Å². The number of ether oxygens (including phenoxy) is 1. The molecule has 4 heteroatoms. The minimum atomic E-state index is -0.206. The molecule has 0 aromatic heterocycles. The van der Waals surface area contributed by atoms with E-state index in [1.54, 1.807) is 6.92 Å². The highest BCUT2D eigenvalue weighted by molar-refractivity contribution is 14.1. The van der Waals surface area contributed by atoms with Gasteiger partial charge in [-0.1, -0.05) is 12.1 Å². The summed E-state index contributed by atoms with van der Waals surface area (Å²) in [6, 6.07) is 8.17. The van der Waals surface area contributed by atoms with E-state index in [2.05, 4.69) is 27.9 Å². The average Bonchev–Trinajstić information content (AvgIpc) is 2.21. The third-order valence-electron chi connectivity index (χ3n) is 1.82. The molecule has 0 saturated heterocycles. The zero-order valence-electron chi connectivity index (χ0n) is 8.63. The molecule has 1 rings (SSSR count). The number of halogens is 1. The SMILES string of the molecule is CCOC(=O)CNCc1ccc(I)cc1. The average molecular weight is 319 g/mol. The van der Waals surface area contributed by atoms with Crippen LogP contribution in [0, 0.1) is 3.57 Å². The Labute approximate surface area is 103 Å². The van der Waals surface area contributed by atoms with Gasteiger partial charge in [0.1, 0.15) is 0 Å². The van der Waals surface area contributed by atoms with Crippen LogP contribution >= 0.6 is 22.6 Å². The first kappa shape index (κ1) is 12.4. The fourth-order valence-corrected chi connectivity index (χ4v) is 1.48. The molecule has 1 N–H and O–H groups in total. The highest BCUT2D eigenvalue weighted by Gasteiger charge is 2.00. The van der Waals surface area contributed by atoms with E-state index in [4.69, 9.17) is 4.74 Å².